The molecule has 0 aliphatic heterocycles. The largest absolute Gasteiger partial charge is 0.381 e. The predicted molar refractivity (Wildman–Crippen MR) is 96.3 cm³/mol. The number of rotatable bonds is 3. The molecule has 0 heterocycles. The van der Waals surface area contributed by atoms with Crippen LogP contribution in [-0.2, 0) is 11.2 Å². The summed E-state index contributed by atoms with van der Waals surface area (Å²) >= 11 is 0. The highest BCUT2D eigenvalue weighted by molar-refractivity contribution is 5.89. The zero-order valence-electron chi connectivity index (χ0n) is 15.0. The zero-order chi connectivity index (χ0) is 19.1. The Hall–Kier alpha value is -2.14. The average molecular weight is 376 g/mol. The van der Waals surface area contributed by atoms with E-state index in [1.165, 1.54) is 18.2 Å². The van der Waals surface area contributed by atoms with Crippen LogP contribution in [0, 0.1) is 23.3 Å². The molecule has 2 aliphatic carbocycles. The lowest BCUT2D eigenvalue weighted by molar-refractivity contribution is 0.0658. The summed E-state index contributed by atoms with van der Waals surface area (Å²) in [5.41, 5.74) is 1.95. The number of hydrogen-bond acceptors (Lipinski definition) is 1. The molecular formula is C22H20F4O. The molecule has 4 rings (SSSR count). The van der Waals surface area contributed by atoms with Gasteiger partial charge in [0.05, 0.1) is 6.10 Å². The highest BCUT2D eigenvalue weighted by atomic mass is 19.2. The zero-order valence-corrected chi connectivity index (χ0v) is 15.0. The van der Waals surface area contributed by atoms with E-state index in [9.17, 15) is 17.6 Å². The number of methoxy groups -OCH3 is 1. The lowest BCUT2D eigenvalue weighted by atomic mass is 9.82. The third-order valence-corrected chi connectivity index (χ3v) is 5.76. The minimum atomic E-state index is -0.964. The summed E-state index contributed by atoms with van der Waals surface area (Å²) in [6.07, 6.45) is 5.36. The molecule has 0 unspecified atom stereocenters. The summed E-state index contributed by atoms with van der Waals surface area (Å²) in [5.74, 6) is -3.05. The quantitative estimate of drug-likeness (QED) is 0.596. The van der Waals surface area contributed by atoms with Crippen molar-refractivity contribution in [2.45, 2.75) is 44.1 Å². The molecule has 0 atom stereocenters. The Balaban J connectivity index is 1.61. The van der Waals surface area contributed by atoms with E-state index >= 15 is 0 Å². The highest BCUT2D eigenvalue weighted by Crippen LogP contribution is 2.39. The van der Waals surface area contributed by atoms with Crippen molar-refractivity contribution in [1.82, 2.24) is 0 Å². The fourth-order valence-electron chi connectivity index (χ4n) is 4.26. The Morgan fingerprint density at radius 2 is 1.44 bits per heavy atom. The van der Waals surface area contributed by atoms with Gasteiger partial charge in [-0.25, -0.2) is 17.6 Å². The third-order valence-electron chi connectivity index (χ3n) is 5.76. The Morgan fingerprint density at radius 1 is 0.815 bits per heavy atom. The molecule has 27 heavy (non-hydrogen) atoms. The van der Waals surface area contributed by atoms with Gasteiger partial charge in [0, 0.05) is 12.7 Å². The average Bonchev–Trinajstić information content (AvgIpc) is 3.03. The van der Waals surface area contributed by atoms with Gasteiger partial charge < -0.3 is 4.74 Å². The summed E-state index contributed by atoms with van der Waals surface area (Å²) < 4.78 is 61.8. The van der Waals surface area contributed by atoms with E-state index in [2.05, 4.69) is 0 Å². The standard InChI is InChI=1S/C22H20F4O/c1-27-17-4-2-12(3-5-17)15-10-20(25)22(21(26)11-15)16-6-13-8-18(23)19(24)9-14(13)7-16/h6,8-12,17H,2-5,7H2,1H3. The second-order valence-electron chi connectivity index (χ2n) is 7.38. The monoisotopic (exact) mass is 376 g/mol. The molecule has 0 aromatic heterocycles. The van der Waals surface area contributed by atoms with Crippen molar-refractivity contribution >= 4 is 11.6 Å². The number of benzene rings is 2. The molecule has 1 nitrogen and oxygen atoms in total. The van der Waals surface area contributed by atoms with Crippen molar-refractivity contribution in [3.05, 3.63) is 69.8 Å². The van der Waals surface area contributed by atoms with Crippen LogP contribution in [0.5, 0.6) is 0 Å². The lowest BCUT2D eigenvalue weighted by Gasteiger charge is -2.28. The Labute approximate surface area is 155 Å². The first-order valence-electron chi connectivity index (χ1n) is 9.17. The molecule has 2 aromatic carbocycles. The Bertz CT molecular complexity index is 888. The van der Waals surface area contributed by atoms with Crippen LogP contribution in [0.25, 0.3) is 11.6 Å². The van der Waals surface area contributed by atoms with Crippen molar-refractivity contribution in [3.8, 4) is 0 Å². The van der Waals surface area contributed by atoms with Crippen molar-refractivity contribution < 1.29 is 22.3 Å². The van der Waals surface area contributed by atoms with Crippen LogP contribution in [-0.4, -0.2) is 13.2 Å². The van der Waals surface area contributed by atoms with E-state index in [1.54, 1.807) is 7.11 Å². The van der Waals surface area contributed by atoms with Crippen LogP contribution in [0.3, 0.4) is 0 Å². The number of halogens is 4. The highest BCUT2D eigenvalue weighted by Gasteiger charge is 2.26. The SMILES string of the molecule is COC1CCC(c2cc(F)c(C3=Cc4cc(F)c(F)cc4C3)c(F)c2)CC1. The molecular weight excluding hydrogens is 356 g/mol. The molecule has 0 spiro atoms. The number of allylic oxidation sites excluding steroid dienone is 1. The second-order valence-corrected chi connectivity index (χ2v) is 7.38. The van der Waals surface area contributed by atoms with Gasteiger partial charge in [0.15, 0.2) is 11.6 Å². The molecule has 0 amide bonds. The molecule has 2 aromatic rings. The summed E-state index contributed by atoms with van der Waals surface area (Å²) in [6.45, 7) is 0. The summed E-state index contributed by atoms with van der Waals surface area (Å²) in [6, 6.07) is 4.96. The maximum Gasteiger partial charge on any atom is 0.159 e. The van der Waals surface area contributed by atoms with Gasteiger partial charge in [0.2, 0.25) is 0 Å². The van der Waals surface area contributed by atoms with Gasteiger partial charge in [0.1, 0.15) is 11.6 Å². The number of ether oxygens (including phenoxy) is 1. The third kappa shape index (κ3) is 3.41. The summed E-state index contributed by atoms with van der Waals surface area (Å²) in [4.78, 5) is 0. The number of fused-ring (bicyclic) bond motifs is 1. The second kappa shape index (κ2) is 7.12. The molecule has 1 fully saturated rings. The van der Waals surface area contributed by atoms with Crippen LogP contribution in [0.1, 0.15) is 53.9 Å². The first-order chi connectivity index (χ1) is 13.0. The lowest BCUT2D eigenvalue weighted by Crippen LogP contribution is -2.19. The van der Waals surface area contributed by atoms with Crippen LogP contribution in [0.2, 0.25) is 0 Å². The maximum atomic E-state index is 14.8. The normalized spacial score (nSPS) is 21.9. The van der Waals surface area contributed by atoms with Crippen LogP contribution < -0.4 is 0 Å². The van der Waals surface area contributed by atoms with E-state index in [4.69, 9.17) is 4.74 Å². The molecule has 0 bridgehead atoms. The maximum absolute atomic E-state index is 14.8. The van der Waals surface area contributed by atoms with E-state index in [1.807, 2.05) is 0 Å². The Kier molecular flexibility index (Phi) is 4.81. The molecule has 142 valence electrons. The molecule has 0 N–H and O–H groups in total. The predicted octanol–water partition coefficient (Wildman–Crippen LogP) is 6.01. The fraction of sp³-hybridized carbons (Fsp3) is 0.364. The molecule has 2 aliphatic rings. The van der Waals surface area contributed by atoms with E-state index in [0.717, 1.165) is 37.8 Å². The smallest absolute Gasteiger partial charge is 0.159 e. The summed E-state index contributed by atoms with van der Waals surface area (Å²) in [7, 11) is 1.68. The number of hydrogen-bond donors (Lipinski definition) is 0. The van der Waals surface area contributed by atoms with Gasteiger partial charge in [-0.1, -0.05) is 6.08 Å². The molecule has 0 radical (unpaired) electrons. The van der Waals surface area contributed by atoms with Gasteiger partial charge in [-0.15, -0.1) is 0 Å². The van der Waals surface area contributed by atoms with Crippen LogP contribution in [0.15, 0.2) is 24.3 Å². The minimum Gasteiger partial charge on any atom is -0.381 e. The van der Waals surface area contributed by atoms with Gasteiger partial charge in [0.25, 0.3) is 0 Å². The van der Waals surface area contributed by atoms with E-state index < -0.39 is 23.3 Å². The van der Waals surface area contributed by atoms with E-state index in [-0.39, 0.29) is 24.0 Å². The Morgan fingerprint density at radius 3 is 2.07 bits per heavy atom. The first kappa shape index (κ1) is 18.2. The summed E-state index contributed by atoms with van der Waals surface area (Å²) in [5, 5.41) is 0. The molecule has 1 saturated carbocycles. The van der Waals surface area contributed by atoms with Crippen LogP contribution >= 0.6 is 0 Å². The van der Waals surface area contributed by atoms with Crippen LogP contribution in [0.4, 0.5) is 17.6 Å². The van der Waals surface area contributed by atoms with Gasteiger partial charge in [-0.3, -0.25) is 0 Å². The van der Waals surface area contributed by atoms with E-state index in [0.29, 0.717) is 22.3 Å². The van der Waals surface area contributed by atoms with Gasteiger partial charge in [-0.2, -0.15) is 0 Å². The van der Waals surface area contributed by atoms with Crippen molar-refractivity contribution in [1.29, 1.82) is 0 Å². The molecule has 5 heteroatoms. The topological polar surface area (TPSA) is 9.23 Å². The van der Waals surface area contributed by atoms with Crippen molar-refractivity contribution in [2.24, 2.45) is 0 Å². The van der Waals surface area contributed by atoms with Gasteiger partial charge >= 0.3 is 0 Å². The fourth-order valence-corrected chi connectivity index (χ4v) is 4.26. The van der Waals surface area contributed by atoms with Crippen molar-refractivity contribution in [2.75, 3.05) is 7.11 Å². The minimum absolute atomic E-state index is 0.110. The first-order valence-corrected chi connectivity index (χ1v) is 9.17. The van der Waals surface area contributed by atoms with Gasteiger partial charge in [-0.05, 0) is 84.6 Å². The van der Waals surface area contributed by atoms with Crippen molar-refractivity contribution in [3.63, 3.8) is 0 Å². The molecule has 0 saturated heterocycles.